The Morgan fingerprint density at radius 1 is 1.21 bits per heavy atom. The molecule has 3 aliphatic rings. The Balaban J connectivity index is 1.12. The maximum atomic E-state index is 13.1. The Morgan fingerprint density at radius 3 is 2.63 bits per heavy atom. The average Bonchev–Trinajstić information content (AvgIpc) is 2.84. The molecule has 38 heavy (non-hydrogen) atoms. The van der Waals surface area contributed by atoms with Crippen molar-refractivity contribution in [2.45, 2.75) is 51.5 Å². The molecule has 2 fully saturated rings. The summed E-state index contributed by atoms with van der Waals surface area (Å²) in [4.78, 5) is 44.0. The molecule has 1 spiro atoms. The van der Waals surface area contributed by atoms with E-state index in [1.165, 1.54) is 5.56 Å². The van der Waals surface area contributed by atoms with Crippen molar-refractivity contribution in [3.8, 4) is 0 Å². The molecule has 2 amide bonds. The first kappa shape index (κ1) is 26.8. The zero-order valence-corrected chi connectivity index (χ0v) is 22.8. The number of aryl methyl sites for hydroxylation is 2. The third-order valence-corrected chi connectivity index (χ3v) is 8.86. The van der Waals surface area contributed by atoms with Crippen LogP contribution in [0.3, 0.4) is 0 Å². The molecule has 3 heterocycles. The van der Waals surface area contributed by atoms with Gasteiger partial charge in [0.1, 0.15) is 5.82 Å². The second-order valence-electron chi connectivity index (χ2n) is 10.9. The summed E-state index contributed by atoms with van der Waals surface area (Å²) in [5.41, 5.74) is 2.67. The van der Waals surface area contributed by atoms with E-state index in [2.05, 4.69) is 21.7 Å². The van der Waals surface area contributed by atoms with E-state index in [0.29, 0.717) is 48.0 Å². The minimum atomic E-state index is -1.03. The number of carbonyl (C=O) groups is 3. The molecule has 1 saturated carbocycles. The Labute approximate surface area is 232 Å². The van der Waals surface area contributed by atoms with Crippen molar-refractivity contribution in [1.82, 2.24) is 15.2 Å². The topological polar surface area (TPSA) is 112 Å². The van der Waals surface area contributed by atoms with Gasteiger partial charge in [0.2, 0.25) is 11.8 Å². The van der Waals surface area contributed by atoms with Crippen LogP contribution in [-0.2, 0) is 27.2 Å². The van der Waals surface area contributed by atoms with Crippen molar-refractivity contribution in [1.29, 1.82) is 0 Å². The Kier molecular flexibility index (Phi) is 7.56. The zero-order chi connectivity index (χ0) is 27.0. The third-order valence-electron chi connectivity index (χ3n) is 8.43. The molecule has 10 heteroatoms. The maximum Gasteiger partial charge on any atom is 0.305 e. The van der Waals surface area contributed by atoms with E-state index in [1.54, 1.807) is 18.2 Å². The van der Waals surface area contributed by atoms with Gasteiger partial charge in [-0.05, 0) is 67.0 Å². The number of pyridine rings is 1. The number of rotatable bonds is 8. The van der Waals surface area contributed by atoms with E-state index in [0.717, 1.165) is 30.9 Å². The van der Waals surface area contributed by atoms with Crippen LogP contribution in [-0.4, -0.2) is 52.4 Å². The number of benzene rings is 1. The number of hydrogen-bond donors (Lipinski definition) is 3. The molecule has 0 bridgehead atoms. The highest BCUT2D eigenvalue weighted by molar-refractivity contribution is 6.34. The summed E-state index contributed by atoms with van der Waals surface area (Å²) in [7, 11) is 0. The van der Waals surface area contributed by atoms with E-state index < -0.39 is 12.0 Å². The number of fused-ring (bicyclic) bond motifs is 1. The number of amides is 2. The van der Waals surface area contributed by atoms with Gasteiger partial charge in [-0.15, -0.1) is 0 Å². The van der Waals surface area contributed by atoms with Crippen LogP contribution in [0.1, 0.15) is 55.5 Å². The summed E-state index contributed by atoms with van der Waals surface area (Å²) < 4.78 is 0. The molecular formula is C28H32Cl2N4O4. The number of carbonyl (C=O) groups excluding carboxylic acids is 2. The highest BCUT2D eigenvalue weighted by Gasteiger charge is 2.60. The molecule has 202 valence electrons. The monoisotopic (exact) mass is 558 g/mol. The van der Waals surface area contributed by atoms with Crippen molar-refractivity contribution in [2.75, 3.05) is 25.0 Å². The largest absolute Gasteiger partial charge is 0.481 e. The standard InChI is InChI=1S/C28H32Cl2N4O4/c1-16-22(27(38)33-23(12-25(36)37)18-9-19(29)11-20(30)10-18)13-28(16)14-34(15-28)24(35)7-6-21-5-4-17-3-2-8-31-26(17)32-21/h4-5,9-11,16,22-23H,2-3,6-8,12-15H2,1H3,(H,31,32)(H,33,38)(H,36,37). The molecule has 2 aliphatic heterocycles. The van der Waals surface area contributed by atoms with Gasteiger partial charge in [-0.2, -0.15) is 0 Å². The Morgan fingerprint density at radius 2 is 1.95 bits per heavy atom. The van der Waals surface area contributed by atoms with Crippen LogP contribution in [0.2, 0.25) is 10.0 Å². The number of carboxylic acid groups (broad SMARTS) is 1. The summed E-state index contributed by atoms with van der Waals surface area (Å²) in [5, 5.41) is 16.4. The Hall–Kier alpha value is -2.84. The van der Waals surface area contributed by atoms with Gasteiger partial charge in [-0.25, -0.2) is 4.98 Å². The minimum absolute atomic E-state index is 0.0483. The number of nitrogens with one attached hydrogen (secondary N) is 2. The normalized spacial score (nSPS) is 21.9. The highest BCUT2D eigenvalue weighted by atomic mass is 35.5. The van der Waals surface area contributed by atoms with Gasteiger partial charge in [-0.3, -0.25) is 14.4 Å². The van der Waals surface area contributed by atoms with Gasteiger partial charge < -0.3 is 20.6 Å². The van der Waals surface area contributed by atoms with Gasteiger partial charge in [0.15, 0.2) is 0 Å². The second-order valence-corrected chi connectivity index (χ2v) is 11.8. The van der Waals surface area contributed by atoms with Crippen molar-refractivity contribution in [2.24, 2.45) is 17.3 Å². The van der Waals surface area contributed by atoms with E-state index >= 15 is 0 Å². The molecule has 8 nitrogen and oxygen atoms in total. The molecule has 3 atom stereocenters. The molecule has 5 rings (SSSR count). The number of carboxylic acids is 1. The molecule has 1 aliphatic carbocycles. The predicted octanol–water partition coefficient (Wildman–Crippen LogP) is 4.50. The van der Waals surface area contributed by atoms with Crippen molar-refractivity contribution in [3.05, 3.63) is 57.2 Å². The summed E-state index contributed by atoms with van der Waals surface area (Å²) in [5.74, 6) is -0.288. The highest BCUT2D eigenvalue weighted by Crippen LogP contribution is 2.56. The quantitative estimate of drug-likeness (QED) is 0.440. The first-order chi connectivity index (χ1) is 18.1. The van der Waals surface area contributed by atoms with Crippen LogP contribution >= 0.6 is 23.2 Å². The maximum absolute atomic E-state index is 13.1. The van der Waals surface area contributed by atoms with Crippen LogP contribution in [0.15, 0.2) is 30.3 Å². The zero-order valence-electron chi connectivity index (χ0n) is 21.3. The molecule has 1 aromatic carbocycles. The number of likely N-dealkylation sites (tertiary alicyclic amines) is 1. The lowest BCUT2D eigenvalue weighted by atomic mass is 9.50. The van der Waals surface area contributed by atoms with Crippen molar-refractivity contribution < 1.29 is 19.5 Å². The summed E-state index contributed by atoms with van der Waals surface area (Å²) in [6, 6.07) is 8.21. The fraction of sp³-hybridized carbons (Fsp3) is 0.500. The third kappa shape index (κ3) is 5.47. The lowest BCUT2D eigenvalue weighted by Crippen LogP contribution is -2.69. The fourth-order valence-corrected chi connectivity index (χ4v) is 6.62. The van der Waals surface area contributed by atoms with Gasteiger partial charge in [0.05, 0.1) is 12.5 Å². The number of nitrogens with zero attached hydrogens (tertiary/aromatic N) is 2. The number of halogens is 2. The second kappa shape index (κ2) is 10.7. The number of hydrogen-bond acceptors (Lipinski definition) is 5. The van der Waals surface area contributed by atoms with Crippen LogP contribution in [0.4, 0.5) is 5.82 Å². The predicted molar refractivity (Wildman–Crippen MR) is 145 cm³/mol. The lowest BCUT2D eigenvalue weighted by molar-refractivity contribution is -0.177. The first-order valence-electron chi connectivity index (χ1n) is 13.1. The fourth-order valence-electron chi connectivity index (χ4n) is 6.08. The average molecular weight is 559 g/mol. The number of aromatic nitrogens is 1. The van der Waals surface area contributed by atoms with Gasteiger partial charge in [0, 0.05) is 53.1 Å². The first-order valence-corrected chi connectivity index (χ1v) is 13.9. The van der Waals surface area contributed by atoms with E-state index in [1.807, 2.05) is 17.9 Å². The van der Waals surface area contributed by atoms with Crippen LogP contribution in [0.25, 0.3) is 0 Å². The molecule has 2 aromatic rings. The molecule has 3 unspecified atom stereocenters. The SMILES string of the molecule is CC1C(C(=O)NC(CC(=O)O)c2cc(Cl)cc(Cl)c2)CC12CN(C(=O)CCc1ccc3c(n1)NCCC3)C2. The van der Waals surface area contributed by atoms with Gasteiger partial charge in [0.25, 0.3) is 0 Å². The van der Waals surface area contributed by atoms with Gasteiger partial charge in [-0.1, -0.05) is 36.2 Å². The molecular weight excluding hydrogens is 527 g/mol. The van der Waals surface area contributed by atoms with E-state index in [9.17, 15) is 19.5 Å². The summed E-state index contributed by atoms with van der Waals surface area (Å²) >= 11 is 12.2. The lowest BCUT2D eigenvalue weighted by Gasteiger charge is -2.63. The minimum Gasteiger partial charge on any atom is -0.481 e. The van der Waals surface area contributed by atoms with Crippen molar-refractivity contribution in [3.63, 3.8) is 0 Å². The van der Waals surface area contributed by atoms with Crippen molar-refractivity contribution >= 4 is 46.8 Å². The summed E-state index contributed by atoms with van der Waals surface area (Å²) in [6.07, 6.45) is 3.58. The smallest absolute Gasteiger partial charge is 0.305 e. The summed E-state index contributed by atoms with van der Waals surface area (Å²) in [6.45, 7) is 4.28. The van der Waals surface area contributed by atoms with Gasteiger partial charge >= 0.3 is 5.97 Å². The molecule has 0 radical (unpaired) electrons. The molecule has 1 saturated heterocycles. The number of aliphatic carboxylic acids is 1. The van der Waals surface area contributed by atoms with Crippen LogP contribution < -0.4 is 10.6 Å². The molecule has 3 N–H and O–H groups in total. The Bertz CT molecular complexity index is 1240. The number of anilines is 1. The van der Waals surface area contributed by atoms with E-state index in [4.69, 9.17) is 23.2 Å². The van der Waals surface area contributed by atoms with E-state index in [-0.39, 0.29) is 35.5 Å². The van der Waals surface area contributed by atoms with Crippen LogP contribution in [0.5, 0.6) is 0 Å². The van der Waals surface area contributed by atoms with Crippen LogP contribution in [0, 0.1) is 17.3 Å². The molecule has 1 aromatic heterocycles.